The van der Waals surface area contributed by atoms with E-state index in [4.69, 9.17) is 4.98 Å². The second-order valence-corrected chi connectivity index (χ2v) is 4.99. The second kappa shape index (κ2) is 7.17. The van der Waals surface area contributed by atoms with E-state index in [1.165, 1.54) is 0 Å². The van der Waals surface area contributed by atoms with Gasteiger partial charge in [0.15, 0.2) is 0 Å². The van der Waals surface area contributed by atoms with Crippen molar-refractivity contribution in [2.75, 3.05) is 18.0 Å². The molecule has 0 aliphatic heterocycles. The molecule has 0 aromatic carbocycles. The van der Waals surface area contributed by atoms with Crippen LogP contribution < -0.4 is 10.2 Å². The first kappa shape index (κ1) is 14.7. The lowest BCUT2D eigenvalue weighted by Gasteiger charge is -2.22. The van der Waals surface area contributed by atoms with Crippen LogP contribution >= 0.6 is 0 Å². The maximum atomic E-state index is 4.69. The van der Waals surface area contributed by atoms with Crippen LogP contribution in [-0.4, -0.2) is 24.1 Å². The molecule has 1 aromatic rings. The molecule has 0 spiro atoms. The van der Waals surface area contributed by atoms with Crippen molar-refractivity contribution in [2.24, 2.45) is 0 Å². The Kier molecular flexibility index (Phi) is 5.86. The van der Waals surface area contributed by atoms with Crippen LogP contribution in [-0.2, 0) is 6.54 Å². The summed E-state index contributed by atoms with van der Waals surface area (Å²) in [5.74, 6) is 1.03. The van der Waals surface area contributed by atoms with Gasteiger partial charge in [0.05, 0.1) is 5.69 Å². The maximum absolute atomic E-state index is 4.69. The Morgan fingerprint density at radius 3 is 2.72 bits per heavy atom. The number of likely N-dealkylation sites (N-methyl/N-ethyl adjacent to an activating group) is 1. The van der Waals surface area contributed by atoms with E-state index < -0.39 is 0 Å². The molecular formula is C15H25N3. The minimum absolute atomic E-state index is 0.480. The lowest BCUT2D eigenvalue weighted by molar-refractivity contribution is 0.581. The third kappa shape index (κ3) is 4.88. The summed E-state index contributed by atoms with van der Waals surface area (Å²) in [4.78, 5) is 6.93. The summed E-state index contributed by atoms with van der Waals surface area (Å²) < 4.78 is 0. The molecule has 0 atom stereocenters. The van der Waals surface area contributed by atoms with Crippen molar-refractivity contribution in [3.05, 3.63) is 36.0 Å². The van der Waals surface area contributed by atoms with E-state index in [0.717, 1.165) is 36.7 Å². The number of nitrogens with one attached hydrogen (secondary N) is 1. The average molecular weight is 247 g/mol. The van der Waals surface area contributed by atoms with Gasteiger partial charge in [-0.15, -0.1) is 0 Å². The Balaban J connectivity index is 2.75. The topological polar surface area (TPSA) is 28.2 Å². The molecule has 0 aliphatic carbocycles. The smallest absolute Gasteiger partial charge is 0.129 e. The summed E-state index contributed by atoms with van der Waals surface area (Å²) in [6.45, 7) is 15.1. The Bertz CT molecular complexity index is 385. The van der Waals surface area contributed by atoms with Gasteiger partial charge in [-0.05, 0) is 26.0 Å². The summed E-state index contributed by atoms with van der Waals surface area (Å²) in [6.07, 6.45) is 0. The van der Waals surface area contributed by atoms with Gasteiger partial charge >= 0.3 is 0 Å². The van der Waals surface area contributed by atoms with Gasteiger partial charge < -0.3 is 10.2 Å². The Morgan fingerprint density at radius 2 is 2.17 bits per heavy atom. The third-order valence-corrected chi connectivity index (χ3v) is 2.65. The van der Waals surface area contributed by atoms with Crippen molar-refractivity contribution >= 4 is 5.82 Å². The molecule has 0 aliphatic rings. The zero-order valence-corrected chi connectivity index (χ0v) is 12.0. The molecule has 1 heterocycles. The van der Waals surface area contributed by atoms with Gasteiger partial charge in [0.25, 0.3) is 0 Å². The molecule has 3 heteroatoms. The van der Waals surface area contributed by atoms with Gasteiger partial charge in [-0.2, -0.15) is 0 Å². The van der Waals surface area contributed by atoms with Crippen molar-refractivity contribution in [3.63, 3.8) is 0 Å². The molecule has 1 rings (SSSR count). The molecule has 18 heavy (non-hydrogen) atoms. The van der Waals surface area contributed by atoms with E-state index in [0.29, 0.717) is 6.04 Å². The molecule has 0 bridgehead atoms. The Morgan fingerprint density at radius 1 is 1.44 bits per heavy atom. The first-order valence-electron chi connectivity index (χ1n) is 6.61. The second-order valence-electron chi connectivity index (χ2n) is 4.99. The lowest BCUT2D eigenvalue weighted by atomic mass is 10.3. The molecule has 0 saturated carbocycles. The Hall–Kier alpha value is -1.35. The third-order valence-electron chi connectivity index (χ3n) is 2.65. The molecule has 0 fully saturated rings. The summed E-state index contributed by atoms with van der Waals surface area (Å²) in [7, 11) is 0. The number of nitrogens with zero attached hydrogens (tertiary/aromatic N) is 2. The molecular weight excluding hydrogens is 222 g/mol. The van der Waals surface area contributed by atoms with Crippen LogP contribution in [0.3, 0.4) is 0 Å². The molecule has 0 radical (unpaired) electrons. The largest absolute Gasteiger partial charge is 0.353 e. The van der Waals surface area contributed by atoms with Crippen LogP contribution in [0.4, 0.5) is 5.82 Å². The van der Waals surface area contributed by atoms with Gasteiger partial charge in [-0.1, -0.05) is 32.1 Å². The number of rotatable bonds is 7. The highest BCUT2D eigenvalue weighted by Gasteiger charge is 2.06. The normalized spacial score (nSPS) is 10.7. The minimum atomic E-state index is 0.480. The minimum Gasteiger partial charge on any atom is -0.353 e. The van der Waals surface area contributed by atoms with Gasteiger partial charge in [-0.3, -0.25) is 0 Å². The van der Waals surface area contributed by atoms with Gasteiger partial charge in [-0.25, -0.2) is 4.98 Å². The fourth-order valence-electron chi connectivity index (χ4n) is 1.73. The number of hydrogen-bond donors (Lipinski definition) is 1. The monoisotopic (exact) mass is 247 g/mol. The number of hydrogen-bond acceptors (Lipinski definition) is 3. The molecule has 0 amide bonds. The predicted octanol–water partition coefficient (Wildman–Crippen LogP) is 2.98. The van der Waals surface area contributed by atoms with E-state index >= 15 is 0 Å². The van der Waals surface area contributed by atoms with Crippen molar-refractivity contribution in [2.45, 2.75) is 40.3 Å². The van der Waals surface area contributed by atoms with Crippen molar-refractivity contribution in [1.82, 2.24) is 10.3 Å². The fraction of sp³-hybridized carbons (Fsp3) is 0.533. The van der Waals surface area contributed by atoms with Crippen LogP contribution in [0.2, 0.25) is 0 Å². The van der Waals surface area contributed by atoms with Crippen LogP contribution in [0.5, 0.6) is 0 Å². The van der Waals surface area contributed by atoms with Crippen LogP contribution in [0, 0.1) is 0 Å². The lowest BCUT2D eigenvalue weighted by Crippen LogP contribution is -2.26. The molecule has 3 nitrogen and oxygen atoms in total. The van der Waals surface area contributed by atoms with Crippen LogP contribution in [0.1, 0.15) is 33.4 Å². The zero-order chi connectivity index (χ0) is 13.5. The van der Waals surface area contributed by atoms with Crippen molar-refractivity contribution in [1.29, 1.82) is 0 Å². The standard InChI is InChI=1S/C15H25N3/c1-6-18(11-12(2)3)15-9-7-8-14(17-15)10-16-13(4)5/h7-9,13,16H,2,6,10-11H2,1,3-5H3. The molecule has 100 valence electrons. The fourth-order valence-corrected chi connectivity index (χ4v) is 1.73. The van der Waals surface area contributed by atoms with E-state index in [-0.39, 0.29) is 0 Å². The van der Waals surface area contributed by atoms with Gasteiger partial charge in [0, 0.05) is 25.7 Å². The first-order chi connectivity index (χ1) is 8.52. The molecule has 1 aromatic heterocycles. The van der Waals surface area contributed by atoms with Gasteiger partial charge in [0.1, 0.15) is 5.82 Å². The summed E-state index contributed by atoms with van der Waals surface area (Å²) in [6, 6.07) is 6.67. The number of aromatic nitrogens is 1. The van der Waals surface area contributed by atoms with Crippen molar-refractivity contribution in [3.8, 4) is 0 Å². The summed E-state index contributed by atoms with van der Waals surface area (Å²) in [5, 5.41) is 3.39. The molecule has 0 unspecified atom stereocenters. The highest BCUT2D eigenvalue weighted by atomic mass is 15.2. The molecule has 0 saturated heterocycles. The summed E-state index contributed by atoms with van der Waals surface area (Å²) in [5.41, 5.74) is 2.24. The highest BCUT2D eigenvalue weighted by molar-refractivity contribution is 5.40. The quantitative estimate of drug-likeness (QED) is 0.751. The van der Waals surface area contributed by atoms with Gasteiger partial charge in [0.2, 0.25) is 0 Å². The number of anilines is 1. The average Bonchev–Trinajstić information content (AvgIpc) is 2.33. The van der Waals surface area contributed by atoms with E-state index in [1.807, 2.05) is 6.92 Å². The molecule has 1 N–H and O–H groups in total. The van der Waals surface area contributed by atoms with Crippen LogP contribution in [0.25, 0.3) is 0 Å². The van der Waals surface area contributed by atoms with E-state index in [1.54, 1.807) is 0 Å². The maximum Gasteiger partial charge on any atom is 0.129 e. The Labute approximate surface area is 111 Å². The first-order valence-corrected chi connectivity index (χ1v) is 6.61. The van der Waals surface area contributed by atoms with Crippen LogP contribution in [0.15, 0.2) is 30.4 Å². The summed E-state index contributed by atoms with van der Waals surface area (Å²) >= 11 is 0. The predicted molar refractivity (Wildman–Crippen MR) is 78.9 cm³/mol. The van der Waals surface area contributed by atoms with E-state index in [9.17, 15) is 0 Å². The SMILES string of the molecule is C=C(C)CN(CC)c1cccc(CNC(C)C)n1. The van der Waals surface area contributed by atoms with E-state index in [2.05, 4.69) is 55.8 Å². The zero-order valence-electron chi connectivity index (χ0n) is 12.0. The highest BCUT2D eigenvalue weighted by Crippen LogP contribution is 2.12. The van der Waals surface area contributed by atoms with Crippen molar-refractivity contribution < 1.29 is 0 Å². The number of pyridine rings is 1.